The van der Waals surface area contributed by atoms with Crippen molar-refractivity contribution in [2.75, 3.05) is 6.61 Å². The Balaban J connectivity index is 2.23. The summed E-state index contributed by atoms with van der Waals surface area (Å²) >= 11 is 9.15. The Hall–Kier alpha value is 0.620. The highest BCUT2D eigenvalue weighted by Gasteiger charge is 2.38. The number of hydrogen-bond donors (Lipinski definition) is 0. The monoisotopic (exact) mass is 352 g/mol. The average Bonchev–Trinajstić information content (AvgIpc) is 2.75. The first-order valence-corrected chi connectivity index (χ1v) is 7.59. The molecule has 15 heavy (non-hydrogen) atoms. The van der Waals surface area contributed by atoms with Crippen molar-refractivity contribution in [2.24, 2.45) is 0 Å². The summed E-state index contributed by atoms with van der Waals surface area (Å²) < 4.78 is 7.08. The van der Waals surface area contributed by atoms with Gasteiger partial charge in [-0.3, -0.25) is 0 Å². The molecule has 0 saturated carbocycles. The molecule has 0 amide bonds. The zero-order chi connectivity index (χ0) is 11.1. The fourth-order valence-electron chi connectivity index (χ4n) is 1.91. The van der Waals surface area contributed by atoms with Gasteiger partial charge < -0.3 is 4.74 Å². The van der Waals surface area contributed by atoms with E-state index < -0.39 is 0 Å². The number of hydrogen-bond acceptors (Lipinski definition) is 2. The first kappa shape index (κ1) is 12.1. The largest absolute Gasteiger partial charge is 0.374 e. The van der Waals surface area contributed by atoms with Crippen molar-refractivity contribution in [2.45, 2.75) is 37.1 Å². The van der Waals surface area contributed by atoms with E-state index in [4.69, 9.17) is 4.74 Å². The maximum absolute atomic E-state index is 5.85. The van der Waals surface area contributed by atoms with Crippen LogP contribution in [0.25, 0.3) is 0 Å². The molecule has 1 aliphatic heterocycles. The van der Waals surface area contributed by atoms with Gasteiger partial charge in [0, 0.05) is 11.5 Å². The molecule has 2 rings (SSSR count). The van der Waals surface area contributed by atoms with Crippen molar-refractivity contribution in [3.63, 3.8) is 0 Å². The minimum atomic E-state index is -0.0310. The van der Waals surface area contributed by atoms with Crippen molar-refractivity contribution in [1.29, 1.82) is 0 Å². The third-order valence-electron chi connectivity index (χ3n) is 2.91. The van der Waals surface area contributed by atoms with Gasteiger partial charge in [0.2, 0.25) is 0 Å². The molecule has 1 aromatic rings. The molecule has 1 saturated heterocycles. The molecule has 0 aliphatic carbocycles. The number of alkyl halides is 1. The van der Waals surface area contributed by atoms with Gasteiger partial charge in [-0.15, -0.1) is 11.3 Å². The molecule has 0 N–H and O–H groups in total. The predicted octanol–water partition coefficient (Wildman–Crippen LogP) is 4.82. The number of halogens is 2. The van der Waals surface area contributed by atoms with E-state index in [0.29, 0.717) is 4.83 Å². The van der Waals surface area contributed by atoms with E-state index in [0.717, 1.165) is 13.0 Å². The van der Waals surface area contributed by atoms with Crippen molar-refractivity contribution in [3.8, 4) is 0 Å². The van der Waals surface area contributed by atoms with Crippen LogP contribution in [0.4, 0.5) is 0 Å². The molecule has 1 nitrogen and oxygen atoms in total. The number of aryl methyl sites for hydroxylation is 1. The van der Waals surface area contributed by atoms with Crippen LogP contribution in [-0.2, 0) is 4.74 Å². The molecule has 2 heterocycles. The number of thiophene rings is 1. The van der Waals surface area contributed by atoms with Crippen molar-refractivity contribution in [1.82, 2.24) is 0 Å². The smallest absolute Gasteiger partial charge is 0.0828 e. The van der Waals surface area contributed by atoms with Crippen molar-refractivity contribution in [3.05, 3.63) is 20.3 Å². The fourth-order valence-corrected chi connectivity index (χ4v) is 4.37. The average molecular weight is 354 g/mol. The van der Waals surface area contributed by atoms with Crippen LogP contribution in [0, 0.1) is 6.92 Å². The molecule has 4 heteroatoms. The van der Waals surface area contributed by atoms with Gasteiger partial charge in [-0.2, -0.15) is 0 Å². The van der Waals surface area contributed by atoms with Gasteiger partial charge in [-0.1, -0.05) is 15.9 Å². The third-order valence-corrected chi connectivity index (χ3v) is 6.88. The minimum Gasteiger partial charge on any atom is -0.374 e. The second-order valence-corrected chi connectivity index (χ2v) is 7.55. The minimum absolute atomic E-state index is 0.0310. The summed E-state index contributed by atoms with van der Waals surface area (Å²) in [7, 11) is 0. The van der Waals surface area contributed by atoms with Gasteiger partial charge in [0.15, 0.2) is 0 Å². The standard InChI is InChI=1S/C11H14Br2OS/c1-7-6-8(15-10(7)13)9(12)11(2)4-3-5-14-11/h6,9H,3-5H2,1-2H3. The molecule has 84 valence electrons. The van der Waals surface area contributed by atoms with Crippen LogP contribution < -0.4 is 0 Å². The molecule has 0 radical (unpaired) electrons. The summed E-state index contributed by atoms with van der Waals surface area (Å²) in [5.74, 6) is 0. The van der Waals surface area contributed by atoms with E-state index in [2.05, 4.69) is 51.8 Å². The summed E-state index contributed by atoms with van der Waals surface area (Å²) in [5.41, 5.74) is 1.28. The lowest BCUT2D eigenvalue weighted by Crippen LogP contribution is -2.27. The predicted molar refractivity (Wildman–Crippen MR) is 72.0 cm³/mol. The first-order valence-electron chi connectivity index (χ1n) is 5.07. The first-order chi connectivity index (χ1) is 7.03. The van der Waals surface area contributed by atoms with Gasteiger partial charge in [-0.05, 0) is 54.2 Å². The zero-order valence-corrected chi connectivity index (χ0v) is 12.8. The normalized spacial score (nSPS) is 28.3. The molecule has 1 fully saturated rings. The Morgan fingerprint density at radius 3 is 2.80 bits per heavy atom. The van der Waals surface area contributed by atoms with Gasteiger partial charge in [0.1, 0.15) is 0 Å². The van der Waals surface area contributed by atoms with Crippen LogP contribution in [0.2, 0.25) is 0 Å². The Morgan fingerprint density at radius 1 is 1.60 bits per heavy atom. The third kappa shape index (κ3) is 2.33. The summed E-state index contributed by atoms with van der Waals surface area (Å²) in [6.45, 7) is 5.22. The molecule has 0 bridgehead atoms. The van der Waals surface area contributed by atoms with E-state index in [1.54, 1.807) is 11.3 Å². The highest BCUT2D eigenvalue weighted by Crippen LogP contribution is 2.46. The Morgan fingerprint density at radius 2 is 2.33 bits per heavy atom. The number of ether oxygens (including phenoxy) is 1. The van der Waals surface area contributed by atoms with Crippen LogP contribution >= 0.6 is 43.2 Å². The summed E-state index contributed by atoms with van der Waals surface area (Å²) in [6, 6.07) is 2.24. The second kappa shape index (κ2) is 4.47. The van der Waals surface area contributed by atoms with Gasteiger partial charge in [0.25, 0.3) is 0 Å². The lowest BCUT2D eigenvalue weighted by Gasteiger charge is -2.28. The van der Waals surface area contributed by atoms with Crippen LogP contribution in [0.15, 0.2) is 9.85 Å². The molecule has 1 aromatic heterocycles. The topological polar surface area (TPSA) is 9.23 Å². The van der Waals surface area contributed by atoms with Gasteiger partial charge in [-0.25, -0.2) is 0 Å². The van der Waals surface area contributed by atoms with Gasteiger partial charge in [0.05, 0.1) is 14.2 Å². The molecule has 1 aliphatic rings. The number of rotatable bonds is 2. The van der Waals surface area contributed by atoms with E-state index in [1.165, 1.54) is 20.6 Å². The molecule has 2 atom stereocenters. The molecule has 0 spiro atoms. The van der Waals surface area contributed by atoms with Crippen molar-refractivity contribution >= 4 is 43.2 Å². The van der Waals surface area contributed by atoms with Crippen LogP contribution in [0.3, 0.4) is 0 Å². The van der Waals surface area contributed by atoms with Gasteiger partial charge >= 0.3 is 0 Å². The molecule has 0 aromatic carbocycles. The second-order valence-electron chi connectivity index (χ2n) is 4.23. The lowest BCUT2D eigenvalue weighted by molar-refractivity contribution is 0.0204. The fraction of sp³-hybridized carbons (Fsp3) is 0.636. The van der Waals surface area contributed by atoms with Crippen molar-refractivity contribution < 1.29 is 4.74 Å². The van der Waals surface area contributed by atoms with Crippen LogP contribution in [0.1, 0.15) is 35.0 Å². The highest BCUT2D eigenvalue weighted by molar-refractivity contribution is 9.11. The molecular weight excluding hydrogens is 340 g/mol. The Kier molecular flexibility index (Phi) is 3.61. The quantitative estimate of drug-likeness (QED) is 0.692. The SMILES string of the molecule is Cc1cc(C(Br)C2(C)CCCO2)sc1Br. The molecular formula is C11H14Br2OS. The Bertz CT molecular complexity index is 336. The highest BCUT2D eigenvalue weighted by atomic mass is 79.9. The molecule has 2 unspecified atom stereocenters. The van der Waals surface area contributed by atoms with Crippen LogP contribution in [-0.4, -0.2) is 12.2 Å². The Labute approximate surface area is 111 Å². The lowest BCUT2D eigenvalue weighted by atomic mass is 9.97. The van der Waals surface area contributed by atoms with E-state index in [-0.39, 0.29) is 5.60 Å². The maximum atomic E-state index is 5.85. The van der Waals surface area contributed by atoms with E-state index in [9.17, 15) is 0 Å². The van der Waals surface area contributed by atoms with E-state index in [1.807, 2.05) is 0 Å². The summed E-state index contributed by atoms with van der Waals surface area (Å²) in [4.78, 5) is 1.66. The summed E-state index contributed by atoms with van der Waals surface area (Å²) in [6.07, 6.45) is 2.31. The van der Waals surface area contributed by atoms with E-state index >= 15 is 0 Å². The maximum Gasteiger partial charge on any atom is 0.0828 e. The summed E-state index contributed by atoms with van der Waals surface area (Å²) in [5, 5.41) is 0. The zero-order valence-electron chi connectivity index (χ0n) is 8.85. The van der Waals surface area contributed by atoms with Crippen LogP contribution in [0.5, 0.6) is 0 Å².